The van der Waals surface area contributed by atoms with Crippen molar-refractivity contribution in [1.82, 2.24) is 15.3 Å². The summed E-state index contributed by atoms with van der Waals surface area (Å²) in [6, 6.07) is 8.80. The van der Waals surface area contributed by atoms with Crippen molar-refractivity contribution in [2.75, 3.05) is 18.0 Å². The van der Waals surface area contributed by atoms with Gasteiger partial charge in [0.05, 0.1) is 22.7 Å². The molecule has 1 fully saturated rings. The zero-order valence-corrected chi connectivity index (χ0v) is 15.3. The maximum absolute atomic E-state index is 13.9. The topological polar surface area (TPSA) is 91.1 Å². The number of carbonyl (C=O) groups is 1. The van der Waals surface area contributed by atoms with Crippen LogP contribution in [0, 0.1) is 17.1 Å². The highest BCUT2D eigenvalue weighted by atomic mass is 19.3. The van der Waals surface area contributed by atoms with Crippen LogP contribution in [-0.4, -0.2) is 41.6 Å². The van der Waals surface area contributed by atoms with Gasteiger partial charge in [-0.25, -0.2) is 9.37 Å². The number of halogens is 3. The number of fused-ring (bicyclic) bond motifs is 1. The van der Waals surface area contributed by atoms with Gasteiger partial charge in [-0.05, 0) is 24.3 Å². The largest absolute Gasteiger partial charge is 0.432 e. The van der Waals surface area contributed by atoms with Crippen LogP contribution < -0.4 is 15.0 Å². The number of amides is 1. The number of nitrogens with zero attached hydrogens (tertiary/aromatic N) is 4. The molecule has 152 valence electrons. The van der Waals surface area contributed by atoms with Crippen molar-refractivity contribution >= 4 is 22.6 Å². The van der Waals surface area contributed by atoms with Gasteiger partial charge in [0, 0.05) is 36.9 Å². The molecule has 2 aromatic heterocycles. The molecule has 3 heterocycles. The van der Waals surface area contributed by atoms with Crippen LogP contribution in [0.4, 0.5) is 19.0 Å². The first-order valence-electron chi connectivity index (χ1n) is 8.89. The Morgan fingerprint density at radius 3 is 2.70 bits per heavy atom. The SMILES string of the molecule is N#Cc1ccc(N2CC(NC(=O)c3cnc4cc(OC(F)F)c(F)cc4c3)C2)nc1. The number of nitrogens with one attached hydrogen (secondary N) is 1. The van der Waals surface area contributed by atoms with E-state index in [4.69, 9.17) is 5.26 Å². The van der Waals surface area contributed by atoms with Crippen LogP contribution in [0.3, 0.4) is 0 Å². The molecule has 0 aliphatic carbocycles. The van der Waals surface area contributed by atoms with Gasteiger partial charge in [0.2, 0.25) is 0 Å². The third-order valence-electron chi connectivity index (χ3n) is 4.63. The maximum Gasteiger partial charge on any atom is 0.387 e. The minimum absolute atomic E-state index is 0.107. The first-order chi connectivity index (χ1) is 14.4. The fourth-order valence-electron chi connectivity index (χ4n) is 3.10. The van der Waals surface area contributed by atoms with Gasteiger partial charge in [-0.1, -0.05) is 0 Å². The fraction of sp³-hybridized carbons (Fsp3) is 0.200. The van der Waals surface area contributed by atoms with Gasteiger partial charge in [0.25, 0.3) is 5.91 Å². The average molecular weight is 413 g/mol. The van der Waals surface area contributed by atoms with Crippen molar-refractivity contribution in [2.24, 2.45) is 0 Å². The smallest absolute Gasteiger partial charge is 0.387 e. The van der Waals surface area contributed by atoms with Crippen molar-refractivity contribution in [1.29, 1.82) is 5.26 Å². The first kappa shape index (κ1) is 19.4. The van der Waals surface area contributed by atoms with E-state index in [1.165, 1.54) is 18.5 Å². The zero-order chi connectivity index (χ0) is 21.3. The molecule has 30 heavy (non-hydrogen) atoms. The summed E-state index contributed by atoms with van der Waals surface area (Å²) in [7, 11) is 0. The number of benzene rings is 1. The fourth-order valence-corrected chi connectivity index (χ4v) is 3.10. The van der Waals surface area contributed by atoms with E-state index in [0.717, 1.165) is 12.1 Å². The van der Waals surface area contributed by atoms with E-state index < -0.39 is 18.2 Å². The van der Waals surface area contributed by atoms with Gasteiger partial charge < -0.3 is 15.0 Å². The molecule has 1 aliphatic heterocycles. The van der Waals surface area contributed by atoms with Crippen molar-refractivity contribution in [2.45, 2.75) is 12.7 Å². The van der Waals surface area contributed by atoms with Gasteiger partial charge in [-0.2, -0.15) is 14.0 Å². The molecule has 1 aliphatic rings. The molecule has 0 saturated carbocycles. The second-order valence-corrected chi connectivity index (χ2v) is 6.67. The highest BCUT2D eigenvalue weighted by Gasteiger charge is 2.29. The number of carbonyl (C=O) groups excluding carboxylic acids is 1. The van der Waals surface area contributed by atoms with Crippen LogP contribution in [-0.2, 0) is 0 Å². The van der Waals surface area contributed by atoms with Crippen LogP contribution in [0.15, 0.2) is 42.7 Å². The third-order valence-corrected chi connectivity index (χ3v) is 4.63. The molecule has 0 radical (unpaired) electrons. The van der Waals surface area contributed by atoms with Gasteiger partial charge in [-0.3, -0.25) is 9.78 Å². The average Bonchev–Trinajstić information content (AvgIpc) is 2.70. The van der Waals surface area contributed by atoms with Crippen molar-refractivity contribution < 1.29 is 22.7 Å². The Bertz CT molecular complexity index is 1140. The van der Waals surface area contributed by atoms with E-state index in [1.54, 1.807) is 12.1 Å². The van der Waals surface area contributed by atoms with E-state index in [2.05, 4.69) is 20.0 Å². The zero-order valence-electron chi connectivity index (χ0n) is 15.3. The molecule has 1 amide bonds. The van der Waals surface area contributed by atoms with Crippen molar-refractivity contribution in [3.63, 3.8) is 0 Å². The predicted molar refractivity (Wildman–Crippen MR) is 101 cm³/mol. The molecule has 1 N–H and O–H groups in total. The molecule has 3 aromatic rings. The van der Waals surface area contributed by atoms with E-state index in [1.807, 2.05) is 11.0 Å². The Balaban J connectivity index is 1.40. The second-order valence-electron chi connectivity index (χ2n) is 6.67. The van der Waals surface area contributed by atoms with Crippen molar-refractivity contribution in [3.05, 3.63) is 59.7 Å². The van der Waals surface area contributed by atoms with Gasteiger partial charge in [0.1, 0.15) is 11.9 Å². The van der Waals surface area contributed by atoms with E-state index >= 15 is 0 Å². The number of hydrogen-bond acceptors (Lipinski definition) is 6. The molecule has 0 spiro atoms. The summed E-state index contributed by atoms with van der Waals surface area (Å²) in [5.41, 5.74) is 0.918. The number of ether oxygens (including phenoxy) is 1. The molecule has 7 nitrogen and oxygen atoms in total. The van der Waals surface area contributed by atoms with Crippen LogP contribution in [0.1, 0.15) is 15.9 Å². The highest BCUT2D eigenvalue weighted by molar-refractivity contribution is 5.97. The van der Waals surface area contributed by atoms with E-state index in [-0.39, 0.29) is 23.0 Å². The van der Waals surface area contributed by atoms with Crippen LogP contribution in [0.5, 0.6) is 5.75 Å². The molecule has 4 rings (SSSR count). The summed E-state index contributed by atoms with van der Waals surface area (Å²) >= 11 is 0. The molecule has 10 heteroatoms. The normalized spacial score (nSPS) is 13.8. The Hall–Kier alpha value is -3.87. The van der Waals surface area contributed by atoms with Gasteiger partial charge >= 0.3 is 6.61 Å². The number of rotatable bonds is 5. The lowest BCUT2D eigenvalue weighted by Gasteiger charge is -2.40. The Morgan fingerprint density at radius 1 is 1.23 bits per heavy atom. The van der Waals surface area contributed by atoms with E-state index in [9.17, 15) is 18.0 Å². The summed E-state index contributed by atoms with van der Waals surface area (Å²) in [5, 5.41) is 11.9. The standard InChI is InChI=1S/C20H14F3N5O2/c21-15-4-12-3-13(8-25-16(12)5-17(15)30-20(22)23)19(29)27-14-9-28(10-14)18-2-1-11(6-24)7-26-18/h1-5,7-8,14,20H,9-10H2,(H,27,29). The van der Waals surface area contributed by atoms with Crippen molar-refractivity contribution in [3.8, 4) is 11.8 Å². The lowest BCUT2D eigenvalue weighted by molar-refractivity contribution is -0.0520. The predicted octanol–water partition coefficient (Wildman–Crippen LogP) is 2.86. The summed E-state index contributed by atoms with van der Waals surface area (Å²) in [4.78, 5) is 22.7. The number of aromatic nitrogens is 2. The number of alkyl halides is 2. The first-order valence-corrected chi connectivity index (χ1v) is 8.89. The van der Waals surface area contributed by atoms with Crippen LogP contribution in [0.25, 0.3) is 10.9 Å². The van der Waals surface area contributed by atoms with Gasteiger partial charge in [0.15, 0.2) is 11.6 Å². The van der Waals surface area contributed by atoms with Gasteiger partial charge in [-0.15, -0.1) is 0 Å². The summed E-state index contributed by atoms with van der Waals surface area (Å²) in [6.07, 6.45) is 2.78. The molecular weight excluding hydrogens is 399 g/mol. The highest BCUT2D eigenvalue weighted by Crippen LogP contribution is 2.26. The number of hydrogen-bond donors (Lipinski definition) is 1. The Morgan fingerprint density at radius 2 is 2.03 bits per heavy atom. The third kappa shape index (κ3) is 3.96. The molecule has 0 bridgehead atoms. The lowest BCUT2D eigenvalue weighted by Crippen LogP contribution is -2.59. The molecule has 0 atom stereocenters. The number of anilines is 1. The van der Waals surface area contributed by atoms with E-state index in [0.29, 0.717) is 29.9 Å². The summed E-state index contributed by atoms with van der Waals surface area (Å²) in [5.74, 6) is -1.24. The Kier molecular flexibility index (Phi) is 5.10. The Labute approximate surface area is 168 Å². The quantitative estimate of drug-likeness (QED) is 0.692. The molecular formula is C20H14F3N5O2. The summed E-state index contributed by atoms with van der Waals surface area (Å²) in [6.45, 7) is -2.05. The number of pyridine rings is 2. The van der Waals surface area contributed by atoms with Crippen LogP contribution >= 0.6 is 0 Å². The lowest BCUT2D eigenvalue weighted by atomic mass is 10.1. The maximum atomic E-state index is 13.9. The molecule has 1 aromatic carbocycles. The van der Waals surface area contributed by atoms with Crippen LogP contribution in [0.2, 0.25) is 0 Å². The molecule has 1 saturated heterocycles. The molecule has 0 unspecified atom stereocenters. The second kappa shape index (κ2) is 7.87. The number of nitriles is 1. The minimum atomic E-state index is -3.15. The summed E-state index contributed by atoms with van der Waals surface area (Å²) < 4.78 is 42.7. The monoisotopic (exact) mass is 413 g/mol. The minimum Gasteiger partial charge on any atom is -0.432 e.